The van der Waals surface area contributed by atoms with Crippen molar-refractivity contribution in [2.24, 2.45) is 0 Å². The molecule has 0 bridgehead atoms. The van der Waals surface area contributed by atoms with Crippen molar-refractivity contribution < 1.29 is 10.0 Å². The molecular weight excluding hydrogens is 70.0 g/mol. The predicted molar refractivity (Wildman–Crippen MR) is 16.2 cm³/mol. The fraction of sp³-hybridized carbons (Fsp3) is 0. The van der Waals surface area contributed by atoms with E-state index >= 15 is 0 Å². The van der Waals surface area contributed by atoms with Crippen molar-refractivity contribution in [1.29, 1.82) is 0 Å². The molecule has 0 amide bonds. The Morgan fingerprint density at radius 3 is 2.60 bits per heavy atom. The van der Waals surface area contributed by atoms with E-state index < -0.39 is 0 Å². The number of rotatable bonds is 2. The standard InChI is InChI=1S/C2H5NO2/c1-2-5-3-4/h2-4H,1H2. The van der Waals surface area contributed by atoms with E-state index in [0.29, 0.717) is 0 Å². The van der Waals surface area contributed by atoms with Crippen LogP contribution >= 0.6 is 0 Å². The van der Waals surface area contributed by atoms with Crippen molar-refractivity contribution in [2.75, 3.05) is 0 Å². The van der Waals surface area contributed by atoms with Crippen molar-refractivity contribution >= 4 is 0 Å². The van der Waals surface area contributed by atoms with Crippen LogP contribution in [0, 0.1) is 0 Å². The zero-order chi connectivity index (χ0) is 4.12. The van der Waals surface area contributed by atoms with Crippen molar-refractivity contribution in [3.05, 3.63) is 12.8 Å². The summed E-state index contributed by atoms with van der Waals surface area (Å²) < 4.78 is 0. The normalized spacial score (nSPS) is 6.60. The summed E-state index contributed by atoms with van der Waals surface area (Å²) in [5.74, 6) is 0. The minimum Gasteiger partial charge on any atom is -0.392 e. The highest BCUT2D eigenvalue weighted by molar-refractivity contribution is 4.42. The smallest absolute Gasteiger partial charge is 0.107 e. The Kier molecular flexibility index (Phi) is 3.09. The first-order valence-electron chi connectivity index (χ1n) is 1.07. The Hall–Kier alpha value is -0.540. The maximum Gasteiger partial charge on any atom is 0.107 e. The lowest BCUT2D eigenvalue weighted by Gasteiger charge is -1.84. The van der Waals surface area contributed by atoms with Gasteiger partial charge in [0.05, 0.1) is 0 Å². The number of nitrogens with one attached hydrogen (secondary N) is 1. The molecule has 0 aliphatic carbocycles. The summed E-state index contributed by atoms with van der Waals surface area (Å²) in [6.45, 7) is 3.11. The second-order valence-corrected chi connectivity index (χ2v) is 0.376. The van der Waals surface area contributed by atoms with Crippen LogP contribution in [-0.4, -0.2) is 5.21 Å². The minimum atomic E-state index is 1.07. The molecule has 5 heavy (non-hydrogen) atoms. The van der Waals surface area contributed by atoms with Crippen LogP contribution < -0.4 is 5.64 Å². The number of hydrogen-bond donors (Lipinski definition) is 2. The molecule has 0 saturated carbocycles. The van der Waals surface area contributed by atoms with Gasteiger partial charge in [0.15, 0.2) is 0 Å². The Labute approximate surface area is 29.8 Å². The van der Waals surface area contributed by atoms with E-state index in [-0.39, 0.29) is 0 Å². The molecule has 0 spiro atoms. The molecule has 3 nitrogen and oxygen atoms in total. The third-order valence-electron chi connectivity index (χ3n) is 0.136. The molecule has 0 aliphatic rings. The lowest BCUT2D eigenvalue weighted by Crippen LogP contribution is -2.00. The van der Waals surface area contributed by atoms with E-state index in [9.17, 15) is 0 Å². The van der Waals surface area contributed by atoms with Crippen LogP contribution in [0.2, 0.25) is 0 Å². The molecule has 30 valence electrons. The van der Waals surface area contributed by atoms with Gasteiger partial charge in [0.1, 0.15) is 6.26 Å². The van der Waals surface area contributed by atoms with Gasteiger partial charge in [-0.3, -0.25) is 5.21 Å². The van der Waals surface area contributed by atoms with Gasteiger partial charge in [0.2, 0.25) is 0 Å². The molecule has 0 rings (SSSR count). The highest BCUT2D eigenvalue weighted by Gasteiger charge is 1.52. The maximum atomic E-state index is 7.52. The lowest BCUT2D eigenvalue weighted by molar-refractivity contribution is -0.0781. The first-order chi connectivity index (χ1) is 2.41. The van der Waals surface area contributed by atoms with Crippen LogP contribution in [-0.2, 0) is 4.84 Å². The molecule has 0 fully saturated rings. The lowest BCUT2D eigenvalue weighted by atomic mass is 11.2. The summed E-state index contributed by atoms with van der Waals surface area (Å²) >= 11 is 0. The quantitative estimate of drug-likeness (QED) is 0.359. The van der Waals surface area contributed by atoms with Crippen molar-refractivity contribution in [3.8, 4) is 0 Å². The summed E-state index contributed by atoms with van der Waals surface area (Å²) in [4.78, 5) is 3.90. The average molecular weight is 75.1 g/mol. The second-order valence-electron chi connectivity index (χ2n) is 0.376. The predicted octanol–water partition coefficient (Wildman–Crippen LogP) is 0.0403. The Morgan fingerprint density at radius 1 is 2.00 bits per heavy atom. The molecule has 0 atom stereocenters. The van der Waals surface area contributed by atoms with E-state index in [1.807, 2.05) is 0 Å². The van der Waals surface area contributed by atoms with E-state index in [2.05, 4.69) is 11.4 Å². The van der Waals surface area contributed by atoms with Gasteiger partial charge in [0, 0.05) is 0 Å². The fourth-order valence-electron chi connectivity index (χ4n) is 0.0373. The van der Waals surface area contributed by atoms with Gasteiger partial charge in [-0.1, -0.05) is 6.58 Å². The highest BCUT2D eigenvalue weighted by Crippen LogP contribution is 1.53. The molecule has 0 heterocycles. The van der Waals surface area contributed by atoms with Crippen molar-refractivity contribution in [2.45, 2.75) is 0 Å². The van der Waals surface area contributed by atoms with Gasteiger partial charge >= 0.3 is 0 Å². The highest BCUT2D eigenvalue weighted by atomic mass is 16.8. The molecule has 0 unspecified atom stereocenters. The SMILES string of the molecule is C=CONO. The number of hydrogen-bond acceptors (Lipinski definition) is 3. The zero-order valence-electron chi connectivity index (χ0n) is 2.64. The second kappa shape index (κ2) is 3.46. The van der Waals surface area contributed by atoms with Crippen molar-refractivity contribution in [1.82, 2.24) is 5.64 Å². The maximum absolute atomic E-state index is 7.52. The monoisotopic (exact) mass is 75.0 g/mol. The van der Waals surface area contributed by atoms with Crippen LogP contribution in [0.15, 0.2) is 12.8 Å². The molecule has 2 N–H and O–H groups in total. The van der Waals surface area contributed by atoms with Crippen LogP contribution in [0.25, 0.3) is 0 Å². The minimum absolute atomic E-state index is 1.07. The molecule has 0 aromatic rings. The van der Waals surface area contributed by atoms with E-state index in [1.165, 1.54) is 5.64 Å². The molecule has 3 heteroatoms. The molecule has 0 saturated heterocycles. The van der Waals surface area contributed by atoms with Gasteiger partial charge in [-0.05, 0) is 5.64 Å². The Bertz CT molecular complexity index is 28.8. The van der Waals surface area contributed by atoms with Gasteiger partial charge in [-0.25, -0.2) is 0 Å². The molecule has 0 aromatic carbocycles. The topological polar surface area (TPSA) is 41.5 Å². The van der Waals surface area contributed by atoms with Gasteiger partial charge in [-0.15, -0.1) is 0 Å². The van der Waals surface area contributed by atoms with Crippen LogP contribution in [0.3, 0.4) is 0 Å². The Morgan fingerprint density at radius 2 is 2.60 bits per heavy atom. The summed E-state index contributed by atoms with van der Waals surface area (Å²) in [5, 5.41) is 7.52. The summed E-state index contributed by atoms with van der Waals surface area (Å²) in [6.07, 6.45) is 1.07. The van der Waals surface area contributed by atoms with E-state index in [4.69, 9.17) is 5.21 Å². The summed E-state index contributed by atoms with van der Waals surface area (Å²) in [5.41, 5.74) is 1.40. The van der Waals surface area contributed by atoms with Crippen LogP contribution in [0.1, 0.15) is 0 Å². The first-order valence-corrected chi connectivity index (χ1v) is 1.07. The fourth-order valence-corrected chi connectivity index (χ4v) is 0.0373. The zero-order valence-corrected chi connectivity index (χ0v) is 2.64. The summed E-state index contributed by atoms with van der Waals surface area (Å²) in [6, 6.07) is 0. The van der Waals surface area contributed by atoms with Crippen LogP contribution in [0.5, 0.6) is 0 Å². The third-order valence-corrected chi connectivity index (χ3v) is 0.136. The third kappa shape index (κ3) is 3.46. The largest absolute Gasteiger partial charge is 0.392 e. The van der Waals surface area contributed by atoms with E-state index in [1.54, 1.807) is 0 Å². The van der Waals surface area contributed by atoms with Crippen LogP contribution in [0.4, 0.5) is 0 Å². The average Bonchev–Trinajstić information content (AvgIpc) is 1.41. The van der Waals surface area contributed by atoms with Gasteiger partial charge in [0.25, 0.3) is 0 Å². The Balaban J connectivity index is 2.40. The molecular formula is C2H5NO2. The van der Waals surface area contributed by atoms with Gasteiger partial charge < -0.3 is 4.84 Å². The first kappa shape index (κ1) is 4.46. The molecule has 0 aromatic heterocycles. The molecule has 0 radical (unpaired) electrons. The summed E-state index contributed by atoms with van der Waals surface area (Å²) in [7, 11) is 0. The van der Waals surface area contributed by atoms with E-state index in [0.717, 1.165) is 6.26 Å². The molecule has 0 aliphatic heterocycles. The van der Waals surface area contributed by atoms with Crippen molar-refractivity contribution in [3.63, 3.8) is 0 Å². The van der Waals surface area contributed by atoms with Gasteiger partial charge in [-0.2, -0.15) is 0 Å².